The van der Waals surface area contributed by atoms with E-state index in [1.807, 2.05) is 17.0 Å². The van der Waals surface area contributed by atoms with Crippen molar-refractivity contribution in [2.24, 2.45) is 0 Å². The molecule has 1 fully saturated rings. The third-order valence-electron chi connectivity index (χ3n) is 4.71. The zero-order valence-corrected chi connectivity index (χ0v) is 17.3. The fraction of sp³-hybridized carbons (Fsp3) is 0.238. The van der Waals surface area contributed by atoms with E-state index in [2.05, 4.69) is 0 Å². The van der Waals surface area contributed by atoms with Crippen molar-refractivity contribution in [3.05, 3.63) is 64.2 Å². The SMILES string of the molecule is COc1ccc(N2C(=O)C(Sc3ccc(Cl)cc3)=C(N3CCOCC3)C2=O)cc1. The maximum absolute atomic E-state index is 13.3. The van der Waals surface area contributed by atoms with Crippen molar-refractivity contribution >= 4 is 40.9 Å². The average molecular weight is 431 g/mol. The van der Waals surface area contributed by atoms with Gasteiger partial charge in [0.25, 0.3) is 11.8 Å². The minimum atomic E-state index is -0.332. The molecule has 0 saturated carbocycles. The number of nitrogens with zero attached hydrogens (tertiary/aromatic N) is 2. The molecule has 29 heavy (non-hydrogen) atoms. The highest BCUT2D eigenvalue weighted by Crippen LogP contribution is 2.39. The van der Waals surface area contributed by atoms with Crippen LogP contribution in [0.15, 0.2) is 64.0 Å². The normalized spacial score (nSPS) is 17.3. The molecule has 0 aliphatic carbocycles. The van der Waals surface area contributed by atoms with Crippen molar-refractivity contribution in [3.63, 3.8) is 0 Å². The maximum Gasteiger partial charge on any atom is 0.283 e. The summed E-state index contributed by atoms with van der Waals surface area (Å²) < 4.78 is 10.6. The van der Waals surface area contributed by atoms with Gasteiger partial charge >= 0.3 is 0 Å². The van der Waals surface area contributed by atoms with Crippen LogP contribution in [0, 0.1) is 0 Å². The Morgan fingerprint density at radius 3 is 2.24 bits per heavy atom. The monoisotopic (exact) mass is 430 g/mol. The fourth-order valence-corrected chi connectivity index (χ4v) is 4.37. The largest absolute Gasteiger partial charge is 0.497 e. The summed E-state index contributed by atoms with van der Waals surface area (Å²) in [5, 5.41) is 0.616. The van der Waals surface area contributed by atoms with Gasteiger partial charge in [-0.05, 0) is 48.5 Å². The molecule has 6 nitrogen and oxygen atoms in total. The second kappa shape index (κ2) is 8.49. The number of ether oxygens (including phenoxy) is 2. The van der Waals surface area contributed by atoms with Crippen LogP contribution in [-0.2, 0) is 14.3 Å². The Bertz CT molecular complexity index is 954. The van der Waals surface area contributed by atoms with E-state index in [0.717, 1.165) is 4.90 Å². The number of hydrogen-bond donors (Lipinski definition) is 0. The molecule has 0 unspecified atom stereocenters. The van der Waals surface area contributed by atoms with Gasteiger partial charge in [-0.1, -0.05) is 23.4 Å². The van der Waals surface area contributed by atoms with Crippen molar-refractivity contribution in [1.82, 2.24) is 4.90 Å². The van der Waals surface area contributed by atoms with Gasteiger partial charge in [-0.15, -0.1) is 0 Å². The molecule has 2 amide bonds. The molecule has 2 aromatic rings. The third-order valence-corrected chi connectivity index (χ3v) is 6.04. The smallest absolute Gasteiger partial charge is 0.283 e. The van der Waals surface area contributed by atoms with Gasteiger partial charge in [-0.3, -0.25) is 9.59 Å². The molecule has 1 saturated heterocycles. The Hall–Kier alpha value is -2.48. The molecule has 0 spiro atoms. The predicted molar refractivity (Wildman–Crippen MR) is 112 cm³/mol. The van der Waals surface area contributed by atoms with Crippen LogP contribution >= 0.6 is 23.4 Å². The van der Waals surface area contributed by atoms with Crippen molar-refractivity contribution in [3.8, 4) is 5.75 Å². The molecule has 2 aliphatic heterocycles. The lowest BCUT2D eigenvalue weighted by atomic mass is 10.2. The number of anilines is 1. The molecule has 0 aromatic heterocycles. The highest BCUT2D eigenvalue weighted by molar-refractivity contribution is 8.04. The number of thioether (sulfide) groups is 1. The fourth-order valence-electron chi connectivity index (χ4n) is 3.24. The summed E-state index contributed by atoms with van der Waals surface area (Å²) in [6.07, 6.45) is 0. The van der Waals surface area contributed by atoms with E-state index in [4.69, 9.17) is 21.1 Å². The Morgan fingerprint density at radius 2 is 1.62 bits per heavy atom. The molecule has 0 radical (unpaired) electrons. The molecule has 0 atom stereocenters. The van der Waals surface area contributed by atoms with E-state index in [1.165, 1.54) is 16.7 Å². The minimum Gasteiger partial charge on any atom is -0.497 e. The summed E-state index contributed by atoms with van der Waals surface area (Å²) >= 11 is 7.26. The first-order chi connectivity index (χ1) is 14.1. The maximum atomic E-state index is 13.3. The number of rotatable bonds is 5. The molecule has 0 bridgehead atoms. The van der Waals surface area contributed by atoms with Crippen molar-refractivity contribution < 1.29 is 19.1 Å². The van der Waals surface area contributed by atoms with Crippen molar-refractivity contribution in [2.75, 3.05) is 38.3 Å². The van der Waals surface area contributed by atoms with Crippen LogP contribution in [0.1, 0.15) is 0 Å². The van der Waals surface area contributed by atoms with E-state index in [0.29, 0.717) is 53.4 Å². The van der Waals surface area contributed by atoms with Gasteiger partial charge in [0, 0.05) is 23.0 Å². The number of amides is 2. The Morgan fingerprint density at radius 1 is 0.966 bits per heavy atom. The molecule has 2 aromatic carbocycles. The molecular formula is C21H19ClN2O4S. The number of halogens is 1. The van der Waals surface area contributed by atoms with Gasteiger partial charge in [-0.25, -0.2) is 4.90 Å². The lowest BCUT2D eigenvalue weighted by molar-refractivity contribution is -0.121. The summed E-state index contributed by atoms with van der Waals surface area (Å²) in [6.45, 7) is 2.17. The molecular weight excluding hydrogens is 412 g/mol. The van der Waals surface area contributed by atoms with Crippen molar-refractivity contribution in [2.45, 2.75) is 4.90 Å². The first-order valence-corrected chi connectivity index (χ1v) is 10.3. The van der Waals surface area contributed by atoms with Crippen LogP contribution in [0.4, 0.5) is 5.69 Å². The van der Waals surface area contributed by atoms with Gasteiger partial charge in [0.1, 0.15) is 16.4 Å². The lowest BCUT2D eigenvalue weighted by Crippen LogP contribution is -2.40. The first kappa shape index (κ1) is 19.8. The summed E-state index contributed by atoms with van der Waals surface area (Å²) in [6, 6.07) is 14.1. The van der Waals surface area contributed by atoms with Gasteiger partial charge in [0.05, 0.1) is 26.0 Å². The van der Waals surface area contributed by atoms with Gasteiger partial charge in [0.15, 0.2) is 0 Å². The van der Waals surface area contributed by atoms with Crippen LogP contribution in [0.5, 0.6) is 5.75 Å². The zero-order valence-electron chi connectivity index (χ0n) is 15.8. The van der Waals surface area contributed by atoms with E-state index in [9.17, 15) is 9.59 Å². The average Bonchev–Trinajstić information content (AvgIpc) is 3.00. The van der Waals surface area contributed by atoms with E-state index < -0.39 is 0 Å². The number of morpholine rings is 1. The second-order valence-corrected chi connectivity index (χ2v) is 8.00. The molecule has 2 heterocycles. The van der Waals surface area contributed by atoms with Crippen LogP contribution in [-0.4, -0.2) is 50.1 Å². The number of benzene rings is 2. The summed E-state index contributed by atoms with van der Waals surface area (Å²) in [7, 11) is 1.57. The topological polar surface area (TPSA) is 59.1 Å². The van der Waals surface area contributed by atoms with E-state index >= 15 is 0 Å². The molecule has 0 N–H and O–H groups in total. The quantitative estimate of drug-likeness (QED) is 0.676. The zero-order chi connectivity index (χ0) is 20.4. The Balaban J connectivity index is 1.71. The number of carbonyl (C=O) groups excluding carboxylic acids is 2. The third kappa shape index (κ3) is 3.99. The van der Waals surface area contributed by atoms with Crippen LogP contribution in [0.3, 0.4) is 0 Å². The second-order valence-electron chi connectivity index (χ2n) is 6.48. The molecule has 150 valence electrons. The number of hydrogen-bond acceptors (Lipinski definition) is 6. The van der Waals surface area contributed by atoms with Crippen LogP contribution in [0.25, 0.3) is 0 Å². The lowest BCUT2D eigenvalue weighted by Gasteiger charge is -2.29. The Labute approximate surface area is 178 Å². The van der Waals surface area contributed by atoms with E-state index in [1.54, 1.807) is 43.5 Å². The number of carbonyl (C=O) groups is 2. The number of methoxy groups -OCH3 is 1. The highest BCUT2D eigenvalue weighted by atomic mass is 35.5. The molecule has 8 heteroatoms. The van der Waals surface area contributed by atoms with Gasteiger partial charge < -0.3 is 14.4 Å². The van der Waals surface area contributed by atoms with Gasteiger partial charge in [0.2, 0.25) is 0 Å². The number of imide groups is 1. The molecule has 2 aliphatic rings. The van der Waals surface area contributed by atoms with Crippen molar-refractivity contribution in [1.29, 1.82) is 0 Å². The predicted octanol–water partition coefficient (Wildman–Crippen LogP) is 3.56. The van der Waals surface area contributed by atoms with Crippen LogP contribution < -0.4 is 9.64 Å². The first-order valence-electron chi connectivity index (χ1n) is 9.11. The summed E-state index contributed by atoms with van der Waals surface area (Å²) in [4.78, 5) is 31.0. The summed E-state index contributed by atoms with van der Waals surface area (Å²) in [5.41, 5.74) is 0.937. The standard InChI is InChI=1S/C21H19ClN2O4S/c1-27-16-6-4-15(5-7-16)24-20(25)18(23-10-12-28-13-11-23)19(21(24)26)29-17-8-2-14(22)3-9-17/h2-9H,10-13H2,1H3. The Kier molecular flexibility index (Phi) is 5.80. The van der Waals surface area contributed by atoms with Gasteiger partial charge in [-0.2, -0.15) is 0 Å². The van der Waals surface area contributed by atoms with Crippen LogP contribution in [0.2, 0.25) is 5.02 Å². The minimum absolute atomic E-state index is 0.321. The highest BCUT2D eigenvalue weighted by Gasteiger charge is 2.42. The van der Waals surface area contributed by atoms with E-state index in [-0.39, 0.29) is 11.8 Å². The molecule has 4 rings (SSSR count). The summed E-state index contributed by atoms with van der Waals surface area (Å²) in [5.74, 6) is 0.00473.